The molecule has 0 unspecified atom stereocenters. The first-order valence-corrected chi connectivity index (χ1v) is 7.69. The Hall–Kier alpha value is -3.88. The molecular formula is C18H14N2O7. The van der Waals surface area contributed by atoms with Crippen LogP contribution in [0, 0.1) is 0 Å². The lowest BCUT2D eigenvalue weighted by molar-refractivity contribution is -0.172. The third-order valence-corrected chi connectivity index (χ3v) is 3.77. The lowest BCUT2D eigenvalue weighted by atomic mass is 10.1. The number of fused-ring (bicyclic) bond motifs is 1. The number of carbonyl (C=O) groups excluding carboxylic acids is 4. The highest BCUT2D eigenvalue weighted by Gasteiger charge is 2.39. The van der Waals surface area contributed by atoms with Crippen molar-refractivity contribution in [2.24, 2.45) is 0 Å². The minimum Gasteiger partial charge on any atom is -0.497 e. The predicted molar refractivity (Wildman–Crippen MR) is 91.2 cm³/mol. The van der Waals surface area contributed by atoms with Gasteiger partial charge in [-0.3, -0.25) is 14.4 Å². The second-order valence-electron chi connectivity index (χ2n) is 5.35. The summed E-state index contributed by atoms with van der Waals surface area (Å²) < 4.78 is 10.1. The Bertz CT molecular complexity index is 919. The van der Waals surface area contributed by atoms with E-state index in [2.05, 4.69) is 5.32 Å². The molecule has 2 aromatic carbocycles. The van der Waals surface area contributed by atoms with E-state index in [4.69, 9.17) is 14.3 Å². The molecule has 3 rings (SSSR count). The lowest BCUT2D eigenvalue weighted by Gasteiger charge is -2.14. The minimum absolute atomic E-state index is 0.0881. The van der Waals surface area contributed by atoms with Crippen LogP contribution < -0.4 is 14.8 Å². The standard InChI is InChI=1S/C18H14N2O7/c1-25-10-7-8-14(26-2)13(9-10)19-15(21)18(24)27-20-16(22)11-5-3-4-6-12(11)17(20)23/h3-9H,1-2H3,(H,19,21). The molecule has 1 aliphatic rings. The first-order valence-electron chi connectivity index (χ1n) is 7.69. The van der Waals surface area contributed by atoms with E-state index in [1.807, 2.05) is 0 Å². The van der Waals surface area contributed by atoms with Crippen LogP contribution in [0.1, 0.15) is 20.7 Å². The highest BCUT2D eigenvalue weighted by molar-refractivity contribution is 6.38. The summed E-state index contributed by atoms with van der Waals surface area (Å²) in [5.74, 6) is -3.59. The van der Waals surface area contributed by atoms with Crippen molar-refractivity contribution in [1.29, 1.82) is 0 Å². The lowest BCUT2D eigenvalue weighted by Crippen LogP contribution is -2.37. The molecule has 27 heavy (non-hydrogen) atoms. The van der Waals surface area contributed by atoms with Crippen LogP contribution in [-0.2, 0) is 14.4 Å². The number of hydrogen-bond donors (Lipinski definition) is 1. The van der Waals surface area contributed by atoms with Crippen molar-refractivity contribution in [3.8, 4) is 11.5 Å². The second-order valence-corrected chi connectivity index (χ2v) is 5.35. The summed E-state index contributed by atoms with van der Waals surface area (Å²) >= 11 is 0. The molecule has 3 amide bonds. The smallest absolute Gasteiger partial charge is 0.421 e. The van der Waals surface area contributed by atoms with Gasteiger partial charge in [-0.25, -0.2) is 4.79 Å². The fraction of sp³-hybridized carbons (Fsp3) is 0.111. The summed E-state index contributed by atoms with van der Waals surface area (Å²) in [6.45, 7) is 0. The van der Waals surface area contributed by atoms with Crippen molar-refractivity contribution in [2.75, 3.05) is 19.5 Å². The van der Waals surface area contributed by atoms with E-state index in [1.165, 1.54) is 38.5 Å². The number of benzene rings is 2. The number of nitrogens with zero attached hydrogens (tertiary/aromatic N) is 1. The van der Waals surface area contributed by atoms with Gasteiger partial charge in [0.25, 0.3) is 11.8 Å². The molecule has 9 heteroatoms. The molecule has 2 aromatic rings. The Balaban J connectivity index is 1.73. The van der Waals surface area contributed by atoms with Crippen LogP contribution in [0.3, 0.4) is 0 Å². The fourth-order valence-electron chi connectivity index (χ4n) is 2.46. The number of nitrogens with one attached hydrogen (secondary N) is 1. The van der Waals surface area contributed by atoms with E-state index < -0.39 is 23.7 Å². The van der Waals surface area contributed by atoms with E-state index in [9.17, 15) is 19.2 Å². The minimum atomic E-state index is -1.44. The molecule has 0 spiro atoms. The molecule has 0 saturated heterocycles. The quantitative estimate of drug-likeness (QED) is 0.639. The van der Waals surface area contributed by atoms with Gasteiger partial charge in [0.1, 0.15) is 11.5 Å². The fourth-order valence-corrected chi connectivity index (χ4v) is 2.46. The van der Waals surface area contributed by atoms with Gasteiger partial charge >= 0.3 is 11.9 Å². The average molecular weight is 370 g/mol. The maximum atomic E-state index is 12.2. The summed E-state index contributed by atoms with van der Waals surface area (Å²) in [6, 6.07) is 10.5. The van der Waals surface area contributed by atoms with Crippen LogP contribution in [0.15, 0.2) is 42.5 Å². The molecule has 0 aromatic heterocycles. The Morgan fingerprint density at radius 3 is 2.11 bits per heavy atom. The molecule has 0 aliphatic carbocycles. The number of hydrogen-bond acceptors (Lipinski definition) is 7. The zero-order chi connectivity index (χ0) is 19.6. The topological polar surface area (TPSA) is 111 Å². The van der Waals surface area contributed by atoms with Gasteiger partial charge in [-0.1, -0.05) is 17.2 Å². The summed E-state index contributed by atoms with van der Waals surface area (Å²) in [7, 11) is 2.82. The molecule has 0 fully saturated rings. The van der Waals surface area contributed by atoms with Crippen LogP contribution in [0.5, 0.6) is 11.5 Å². The first kappa shape index (κ1) is 17.9. The normalized spacial score (nSPS) is 12.4. The van der Waals surface area contributed by atoms with Crippen molar-refractivity contribution in [2.45, 2.75) is 0 Å². The van der Waals surface area contributed by atoms with Crippen LogP contribution >= 0.6 is 0 Å². The van der Waals surface area contributed by atoms with Gasteiger partial charge in [0, 0.05) is 6.07 Å². The number of hydroxylamine groups is 2. The molecule has 138 valence electrons. The van der Waals surface area contributed by atoms with Gasteiger partial charge < -0.3 is 19.6 Å². The van der Waals surface area contributed by atoms with Crippen molar-refractivity contribution in [1.82, 2.24) is 5.06 Å². The molecule has 1 aliphatic heterocycles. The highest BCUT2D eigenvalue weighted by Crippen LogP contribution is 2.29. The van der Waals surface area contributed by atoms with Crippen LogP contribution in [0.25, 0.3) is 0 Å². The van der Waals surface area contributed by atoms with Crippen molar-refractivity contribution in [3.05, 3.63) is 53.6 Å². The van der Waals surface area contributed by atoms with Crippen LogP contribution in [0.4, 0.5) is 5.69 Å². The molecule has 0 radical (unpaired) electrons. The monoisotopic (exact) mass is 370 g/mol. The zero-order valence-electron chi connectivity index (χ0n) is 14.3. The maximum absolute atomic E-state index is 12.2. The molecule has 1 heterocycles. The van der Waals surface area contributed by atoms with Gasteiger partial charge in [-0.05, 0) is 24.3 Å². The second kappa shape index (κ2) is 7.16. The molecule has 1 N–H and O–H groups in total. The number of carbonyl (C=O) groups is 4. The third-order valence-electron chi connectivity index (χ3n) is 3.77. The maximum Gasteiger partial charge on any atom is 0.421 e. The number of imide groups is 1. The van der Waals surface area contributed by atoms with Crippen molar-refractivity contribution in [3.63, 3.8) is 0 Å². The molecular weight excluding hydrogens is 356 g/mol. The number of amides is 3. The van der Waals surface area contributed by atoms with E-state index in [0.29, 0.717) is 5.75 Å². The van der Waals surface area contributed by atoms with E-state index in [1.54, 1.807) is 18.2 Å². The van der Waals surface area contributed by atoms with E-state index >= 15 is 0 Å². The van der Waals surface area contributed by atoms with Gasteiger partial charge in [0.2, 0.25) is 0 Å². The first-order chi connectivity index (χ1) is 13.0. The third kappa shape index (κ3) is 3.30. The molecule has 9 nitrogen and oxygen atoms in total. The van der Waals surface area contributed by atoms with Crippen LogP contribution in [0.2, 0.25) is 0 Å². The van der Waals surface area contributed by atoms with Crippen molar-refractivity contribution < 1.29 is 33.5 Å². The Kier molecular flexibility index (Phi) is 4.75. The zero-order valence-corrected chi connectivity index (χ0v) is 14.3. The van der Waals surface area contributed by atoms with Gasteiger partial charge in [0.15, 0.2) is 0 Å². The summed E-state index contributed by atoms with van der Waals surface area (Å²) in [5.41, 5.74) is 0.330. The largest absolute Gasteiger partial charge is 0.497 e. The Labute approximate surface area is 153 Å². The van der Waals surface area contributed by atoms with E-state index in [-0.39, 0.29) is 27.6 Å². The predicted octanol–water partition coefficient (Wildman–Crippen LogP) is 1.40. The number of ether oxygens (including phenoxy) is 2. The van der Waals surface area contributed by atoms with Crippen LogP contribution in [-0.4, -0.2) is 43.0 Å². The van der Waals surface area contributed by atoms with Gasteiger partial charge in [-0.15, -0.1) is 0 Å². The van der Waals surface area contributed by atoms with Gasteiger partial charge in [-0.2, -0.15) is 0 Å². The number of rotatable bonds is 4. The highest BCUT2D eigenvalue weighted by atomic mass is 16.7. The molecule has 0 saturated carbocycles. The number of methoxy groups -OCH3 is 2. The Morgan fingerprint density at radius 1 is 0.926 bits per heavy atom. The summed E-state index contributed by atoms with van der Waals surface area (Å²) in [6.07, 6.45) is 0. The average Bonchev–Trinajstić information content (AvgIpc) is 2.93. The Morgan fingerprint density at radius 2 is 1.56 bits per heavy atom. The summed E-state index contributed by atoms with van der Waals surface area (Å²) in [4.78, 5) is 53.2. The van der Waals surface area contributed by atoms with Gasteiger partial charge in [0.05, 0.1) is 31.0 Å². The SMILES string of the molecule is COc1ccc(OC)c(NC(=O)C(=O)ON2C(=O)c3ccccc3C2=O)c1. The molecule has 0 bridgehead atoms. The number of anilines is 1. The summed E-state index contributed by atoms with van der Waals surface area (Å²) in [5, 5.41) is 2.55. The molecule has 0 atom stereocenters. The van der Waals surface area contributed by atoms with Crippen molar-refractivity contribution >= 4 is 29.4 Å². The van der Waals surface area contributed by atoms with E-state index in [0.717, 1.165) is 0 Å².